The van der Waals surface area contributed by atoms with E-state index < -0.39 is 4.92 Å². The van der Waals surface area contributed by atoms with Crippen LogP contribution < -0.4 is 5.32 Å². The molecule has 0 radical (unpaired) electrons. The molecule has 7 nitrogen and oxygen atoms in total. The van der Waals surface area contributed by atoms with Crippen LogP contribution in [0.3, 0.4) is 0 Å². The number of anilines is 1. The van der Waals surface area contributed by atoms with E-state index in [1.807, 2.05) is 32.8 Å². The van der Waals surface area contributed by atoms with Crippen molar-refractivity contribution in [2.75, 3.05) is 26.0 Å². The minimum atomic E-state index is -0.540. The monoisotopic (exact) mass is 273 g/mol. The van der Waals surface area contributed by atoms with Crippen molar-refractivity contribution >= 4 is 23.1 Å². The lowest BCUT2D eigenvalue weighted by atomic mass is 10.0. The Morgan fingerprint density at radius 1 is 1.56 bits per heavy atom. The molecule has 0 atom stereocenters. The highest BCUT2D eigenvalue weighted by atomic mass is 35.5. The molecule has 0 aliphatic rings. The number of halogens is 1. The van der Waals surface area contributed by atoms with Gasteiger partial charge in [0.25, 0.3) is 0 Å². The van der Waals surface area contributed by atoms with Crippen LogP contribution in [0.4, 0.5) is 11.5 Å². The van der Waals surface area contributed by atoms with Gasteiger partial charge < -0.3 is 10.2 Å². The van der Waals surface area contributed by atoms with Gasteiger partial charge in [-0.15, -0.1) is 0 Å². The summed E-state index contributed by atoms with van der Waals surface area (Å²) in [7, 11) is 3.87. The van der Waals surface area contributed by atoms with Gasteiger partial charge in [-0.3, -0.25) is 10.1 Å². The minimum Gasteiger partial charge on any atom is -0.362 e. The zero-order chi connectivity index (χ0) is 13.9. The summed E-state index contributed by atoms with van der Waals surface area (Å²) in [5, 5.41) is 13.7. The molecule has 1 rings (SSSR count). The summed E-state index contributed by atoms with van der Waals surface area (Å²) in [6, 6.07) is 0. The molecule has 0 spiro atoms. The summed E-state index contributed by atoms with van der Waals surface area (Å²) in [4.78, 5) is 19.7. The lowest BCUT2D eigenvalue weighted by Gasteiger charge is -2.32. The van der Waals surface area contributed by atoms with Crippen LogP contribution in [0.5, 0.6) is 0 Å². The highest BCUT2D eigenvalue weighted by molar-refractivity contribution is 6.28. The summed E-state index contributed by atoms with van der Waals surface area (Å²) < 4.78 is 0. The first-order chi connectivity index (χ1) is 8.24. The molecule has 100 valence electrons. The van der Waals surface area contributed by atoms with Crippen molar-refractivity contribution in [1.29, 1.82) is 0 Å². The maximum absolute atomic E-state index is 10.8. The molecule has 0 aliphatic heterocycles. The van der Waals surface area contributed by atoms with Crippen molar-refractivity contribution in [3.8, 4) is 0 Å². The third-order valence-electron chi connectivity index (χ3n) is 2.84. The van der Waals surface area contributed by atoms with Crippen LogP contribution in [-0.4, -0.2) is 46.0 Å². The molecular formula is C10H16ClN5O2. The average Bonchev–Trinajstić information content (AvgIpc) is 2.26. The Morgan fingerprint density at radius 3 is 2.67 bits per heavy atom. The molecule has 0 saturated carbocycles. The second-order valence-corrected chi connectivity index (χ2v) is 5.03. The van der Waals surface area contributed by atoms with Crippen LogP contribution in [0.25, 0.3) is 0 Å². The van der Waals surface area contributed by atoms with E-state index in [0.29, 0.717) is 6.54 Å². The second kappa shape index (κ2) is 5.45. The lowest BCUT2D eigenvalue weighted by Crippen LogP contribution is -2.44. The van der Waals surface area contributed by atoms with Gasteiger partial charge in [-0.1, -0.05) is 0 Å². The quantitative estimate of drug-likeness (QED) is 0.500. The topological polar surface area (TPSA) is 84.2 Å². The van der Waals surface area contributed by atoms with Gasteiger partial charge in [-0.25, -0.2) is 4.98 Å². The van der Waals surface area contributed by atoms with E-state index in [-0.39, 0.29) is 22.3 Å². The van der Waals surface area contributed by atoms with Crippen LogP contribution in [0.1, 0.15) is 13.8 Å². The van der Waals surface area contributed by atoms with E-state index in [1.54, 1.807) is 0 Å². The molecule has 0 saturated heterocycles. The van der Waals surface area contributed by atoms with Crippen molar-refractivity contribution in [2.24, 2.45) is 0 Å². The normalized spacial score (nSPS) is 11.7. The van der Waals surface area contributed by atoms with Crippen molar-refractivity contribution in [1.82, 2.24) is 14.9 Å². The maximum Gasteiger partial charge on any atom is 0.329 e. The molecular weight excluding hydrogens is 258 g/mol. The Morgan fingerprint density at radius 2 is 2.17 bits per heavy atom. The van der Waals surface area contributed by atoms with Gasteiger partial charge >= 0.3 is 5.69 Å². The number of likely N-dealkylation sites (N-methyl/N-ethyl adjacent to an activating group) is 1. The summed E-state index contributed by atoms with van der Waals surface area (Å²) >= 11 is 5.64. The zero-order valence-corrected chi connectivity index (χ0v) is 11.5. The average molecular weight is 274 g/mol. The third kappa shape index (κ3) is 3.51. The lowest BCUT2D eigenvalue weighted by molar-refractivity contribution is -0.384. The highest BCUT2D eigenvalue weighted by Gasteiger charge is 2.23. The fourth-order valence-corrected chi connectivity index (χ4v) is 1.21. The number of rotatable bonds is 5. The first kappa shape index (κ1) is 14.6. The summed E-state index contributed by atoms with van der Waals surface area (Å²) in [5.74, 6) is 0.134. The molecule has 0 aliphatic carbocycles. The molecule has 8 heteroatoms. The van der Waals surface area contributed by atoms with Crippen LogP contribution in [0, 0.1) is 10.1 Å². The molecule has 18 heavy (non-hydrogen) atoms. The van der Waals surface area contributed by atoms with Crippen molar-refractivity contribution in [2.45, 2.75) is 19.4 Å². The largest absolute Gasteiger partial charge is 0.362 e. The molecule has 0 aromatic carbocycles. The van der Waals surface area contributed by atoms with Gasteiger partial charge in [0.1, 0.15) is 6.20 Å². The van der Waals surface area contributed by atoms with Crippen LogP contribution >= 0.6 is 11.6 Å². The van der Waals surface area contributed by atoms with Crippen molar-refractivity contribution in [3.63, 3.8) is 0 Å². The molecule has 0 amide bonds. The summed E-state index contributed by atoms with van der Waals surface area (Å²) in [6.07, 6.45) is 1.10. The third-order valence-corrected chi connectivity index (χ3v) is 3.02. The molecule has 1 aromatic heterocycles. The SMILES string of the molecule is CN(C)C(C)(C)CNc1nc(Cl)ncc1[N+](=O)[O-]. The predicted molar refractivity (Wildman–Crippen MR) is 70.0 cm³/mol. The smallest absolute Gasteiger partial charge is 0.329 e. The van der Waals surface area contributed by atoms with Crippen LogP contribution in [-0.2, 0) is 0 Å². The molecule has 0 unspecified atom stereocenters. The highest BCUT2D eigenvalue weighted by Crippen LogP contribution is 2.23. The Bertz CT molecular complexity index is 450. The number of nitrogens with zero attached hydrogens (tertiary/aromatic N) is 4. The molecule has 1 N–H and O–H groups in total. The Balaban J connectivity index is 2.90. The Labute approximate surface area is 110 Å². The van der Waals surface area contributed by atoms with Gasteiger partial charge in [0.05, 0.1) is 4.92 Å². The molecule has 0 fully saturated rings. The fourth-order valence-electron chi connectivity index (χ4n) is 1.08. The van der Waals surface area contributed by atoms with E-state index in [0.717, 1.165) is 6.20 Å². The molecule has 1 heterocycles. The maximum atomic E-state index is 10.8. The summed E-state index contributed by atoms with van der Waals surface area (Å²) in [6.45, 7) is 4.51. The van der Waals surface area contributed by atoms with Crippen molar-refractivity contribution in [3.05, 3.63) is 21.6 Å². The zero-order valence-electron chi connectivity index (χ0n) is 10.8. The van der Waals surface area contributed by atoms with Gasteiger partial charge in [0.15, 0.2) is 0 Å². The van der Waals surface area contributed by atoms with E-state index in [9.17, 15) is 10.1 Å². The van der Waals surface area contributed by atoms with Crippen LogP contribution in [0.2, 0.25) is 5.28 Å². The first-order valence-electron chi connectivity index (χ1n) is 5.32. The minimum absolute atomic E-state index is 0.0224. The standard InChI is InChI=1S/C10H16ClN5O2/c1-10(2,15(3)4)6-13-8-7(16(17)18)5-12-9(11)14-8/h5H,6H2,1-4H3,(H,12,13,14). The Hall–Kier alpha value is -1.47. The van der Waals surface area contributed by atoms with E-state index in [4.69, 9.17) is 11.6 Å². The van der Waals surface area contributed by atoms with E-state index in [2.05, 4.69) is 15.3 Å². The number of hydrogen-bond acceptors (Lipinski definition) is 6. The van der Waals surface area contributed by atoms with E-state index in [1.165, 1.54) is 0 Å². The van der Waals surface area contributed by atoms with E-state index >= 15 is 0 Å². The van der Waals surface area contributed by atoms with Gasteiger partial charge in [0, 0.05) is 12.1 Å². The predicted octanol–water partition coefficient (Wildman–Crippen LogP) is 1.79. The van der Waals surface area contributed by atoms with Crippen molar-refractivity contribution < 1.29 is 4.92 Å². The fraction of sp³-hybridized carbons (Fsp3) is 0.600. The molecule has 0 bridgehead atoms. The van der Waals surface area contributed by atoms with Crippen LogP contribution in [0.15, 0.2) is 6.20 Å². The summed E-state index contributed by atoms with van der Waals surface area (Å²) in [5.41, 5.74) is -0.361. The number of hydrogen-bond donors (Lipinski definition) is 1. The second-order valence-electron chi connectivity index (χ2n) is 4.69. The Kier molecular flexibility index (Phi) is 4.42. The number of nitrogens with one attached hydrogen (secondary N) is 1. The number of nitro groups is 1. The number of aromatic nitrogens is 2. The molecule has 1 aromatic rings. The first-order valence-corrected chi connectivity index (χ1v) is 5.70. The van der Waals surface area contributed by atoms with Gasteiger partial charge in [0.2, 0.25) is 11.1 Å². The van der Waals surface area contributed by atoms with Gasteiger partial charge in [-0.2, -0.15) is 4.98 Å². The van der Waals surface area contributed by atoms with Gasteiger partial charge in [-0.05, 0) is 39.5 Å².